The second-order valence-electron chi connectivity index (χ2n) is 7.53. The number of aromatic nitrogens is 4. The van der Waals surface area contributed by atoms with Crippen molar-refractivity contribution in [1.29, 1.82) is 0 Å². The normalized spacial score (nSPS) is 18.6. The van der Waals surface area contributed by atoms with Crippen molar-refractivity contribution in [2.24, 2.45) is 14.1 Å². The maximum absolute atomic E-state index is 13.3. The Morgan fingerprint density at radius 1 is 1.29 bits per heavy atom. The van der Waals surface area contributed by atoms with Gasteiger partial charge in [0.05, 0.1) is 28.9 Å². The van der Waals surface area contributed by atoms with E-state index < -0.39 is 5.69 Å². The van der Waals surface area contributed by atoms with Crippen LogP contribution in [-0.4, -0.2) is 35.6 Å². The zero-order valence-corrected chi connectivity index (χ0v) is 19.3. The van der Waals surface area contributed by atoms with Crippen LogP contribution in [0, 0.1) is 6.92 Å². The zero-order valence-electron chi connectivity index (χ0n) is 17.0. The molecule has 0 aliphatic carbocycles. The number of aliphatic hydroxyl groups excluding tert-OH is 1. The first kappa shape index (κ1) is 20.6. The van der Waals surface area contributed by atoms with Gasteiger partial charge in [-0.1, -0.05) is 0 Å². The maximum Gasteiger partial charge on any atom is 0.331 e. The lowest BCUT2D eigenvalue weighted by atomic mass is 10.2. The van der Waals surface area contributed by atoms with Gasteiger partial charge in [-0.15, -0.1) is 23.1 Å². The second kappa shape index (κ2) is 7.40. The Bertz CT molecular complexity index is 1440. The van der Waals surface area contributed by atoms with Crippen LogP contribution in [0.1, 0.15) is 22.4 Å². The van der Waals surface area contributed by atoms with E-state index in [4.69, 9.17) is 16.0 Å². The van der Waals surface area contributed by atoms with E-state index in [9.17, 15) is 14.7 Å². The number of hydrogen-bond acceptors (Lipinski definition) is 7. The molecule has 5 rings (SSSR count). The van der Waals surface area contributed by atoms with Crippen molar-refractivity contribution < 1.29 is 9.52 Å². The topological polar surface area (TPSA) is 95.2 Å². The van der Waals surface area contributed by atoms with Crippen LogP contribution >= 0.6 is 34.7 Å². The lowest BCUT2D eigenvalue weighted by molar-refractivity contribution is 0.283. The molecule has 4 aromatic rings. The van der Waals surface area contributed by atoms with Gasteiger partial charge in [0.15, 0.2) is 5.22 Å². The molecular weight excluding hydrogens is 460 g/mol. The van der Waals surface area contributed by atoms with Crippen molar-refractivity contribution >= 4 is 45.6 Å². The van der Waals surface area contributed by atoms with Gasteiger partial charge in [-0.25, -0.2) is 9.78 Å². The molecule has 1 aliphatic heterocycles. The summed E-state index contributed by atoms with van der Waals surface area (Å²) < 4.78 is 10.4. The summed E-state index contributed by atoms with van der Waals surface area (Å²) in [5, 5.41) is 12.8. The van der Waals surface area contributed by atoms with Gasteiger partial charge in [-0.2, -0.15) is 0 Å². The molecule has 11 heteroatoms. The van der Waals surface area contributed by atoms with E-state index in [1.807, 2.05) is 16.9 Å². The fourth-order valence-electron chi connectivity index (χ4n) is 4.16. The Balaban J connectivity index is 1.96. The summed E-state index contributed by atoms with van der Waals surface area (Å²) in [6, 6.07) is 3.45. The summed E-state index contributed by atoms with van der Waals surface area (Å²) in [4.78, 5) is 30.8. The number of nitrogens with zero attached hydrogens (tertiary/aromatic N) is 4. The van der Waals surface area contributed by atoms with E-state index in [0.29, 0.717) is 33.9 Å². The predicted octanol–water partition coefficient (Wildman–Crippen LogP) is 2.91. The van der Waals surface area contributed by atoms with Crippen LogP contribution in [0.3, 0.4) is 0 Å². The molecule has 1 aliphatic rings. The smallest absolute Gasteiger partial charge is 0.331 e. The molecule has 31 heavy (non-hydrogen) atoms. The summed E-state index contributed by atoms with van der Waals surface area (Å²) in [6.07, 6.45) is 0. The summed E-state index contributed by atoms with van der Waals surface area (Å²) in [6.45, 7) is 2.33. The summed E-state index contributed by atoms with van der Waals surface area (Å²) in [5.41, 5.74) is 2.07. The quantitative estimate of drug-likeness (QED) is 0.486. The lowest BCUT2D eigenvalue weighted by Gasteiger charge is -2.30. The van der Waals surface area contributed by atoms with E-state index in [1.54, 1.807) is 19.2 Å². The molecule has 0 saturated carbocycles. The van der Waals surface area contributed by atoms with Crippen molar-refractivity contribution in [3.63, 3.8) is 0 Å². The molecule has 2 atom stereocenters. The first-order chi connectivity index (χ1) is 14.8. The van der Waals surface area contributed by atoms with Crippen LogP contribution in [0.2, 0.25) is 5.22 Å². The molecule has 8 nitrogen and oxygen atoms in total. The number of thioether (sulfide) groups is 1. The fraction of sp³-hybridized carbons (Fsp3) is 0.350. The Morgan fingerprint density at radius 2 is 2.06 bits per heavy atom. The van der Waals surface area contributed by atoms with Crippen molar-refractivity contribution in [1.82, 2.24) is 18.7 Å². The highest BCUT2D eigenvalue weighted by molar-refractivity contribution is 8.00. The monoisotopic (exact) mass is 478 g/mol. The lowest BCUT2D eigenvalue weighted by Crippen LogP contribution is -2.37. The van der Waals surface area contributed by atoms with Gasteiger partial charge in [-0.3, -0.25) is 13.9 Å². The fourth-order valence-corrected chi connectivity index (χ4v) is 6.50. The first-order valence-corrected chi connectivity index (χ1v) is 11.8. The molecule has 0 fully saturated rings. The molecule has 0 amide bonds. The van der Waals surface area contributed by atoms with Crippen LogP contribution < -0.4 is 11.2 Å². The molecule has 162 valence electrons. The van der Waals surface area contributed by atoms with E-state index in [1.165, 1.54) is 34.7 Å². The highest BCUT2D eigenvalue weighted by atomic mass is 35.5. The number of aliphatic hydroxyl groups is 1. The number of rotatable bonds is 3. The Hall–Kier alpha value is -2.27. The van der Waals surface area contributed by atoms with Crippen molar-refractivity contribution in [3.8, 4) is 10.7 Å². The molecule has 0 saturated heterocycles. The standard InChI is InChI=1S/C20H19ClN4O4S2/c1-9-8-30-18(22-9)15-13-14(23(2)20(28)24(3)19(13)27)16-17(11-4-5-12(21)29-11)31-10(7-26)6-25(15)16/h4-5,8,10,17,26H,6-7H2,1-3H3. The Morgan fingerprint density at radius 3 is 2.68 bits per heavy atom. The second-order valence-corrected chi connectivity index (χ2v) is 10.2. The van der Waals surface area contributed by atoms with Gasteiger partial charge < -0.3 is 14.1 Å². The minimum Gasteiger partial charge on any atom is -0.448 e. The van der Waals surface area contributed by atoms with Gasteiger partial charge in [0, 0.05) is 37.0 Å². The summed E-state index contributed by atoms with van der Waals surface area (Å²) >= 11 is 9.03. The first-order valence-electron chi connectivity index (χ1n) is 9.58. The molecule has 0 aromatic carbocycles. The number of fused-ring (bicyclic) bond motifs is 3. The molecular formula is C20H19ClN4O4S2. The van der Waals surface area contributed by atoms with Crippen LogP contribution in [-0.2, 0) is 20.6 Å². The minimum atomic E-state index is -0.404. The van der Waals surface area contributed by atoms with E-state index in [0.717, 1.165) is 16.0 Å². The average molecular weight is 479 g/mol. The van der Waals surface area contributed by atoms with Crippen LogP contribution in [0.4, 0.5) is 0 Å². The number of halogens is 1. The number of thiazole rings is 1. The average Bonchev–Trinajstić information content (AvgIpc) is 3.46. The van der Waals surface area contributed by atoms with E-state index in [2.05, 4.69) is 4.98 Å². The highest BCUT2D eigenvalue weighted by Gasteiger charge is 2.38. The molecule has 0 spiro atoms. The molecule has 0 bridgehead atoms. The van der Waals surface area contributed by atoms with Crippen LogP contribution in [0.15, 0.2) is 31.5 Å². The van der Waals surface area contributed by atoms with E-state index >= 15 is 0 Å². The molecule has 4 aromatic heterocycles. The number of aryl methyl sites for hydroxylation is 2. The SMILES string of the molecule is Cc1csc(-c2c3c(=O)n(C)c(=O)n(C)c3c3n2CC(CO)SC3c2ccc(Cl)o2)n1. The predicted molar refractivity (Wildman–Crippen MR) is 122 cm³/mol. The minimum absolute atomic E-state index is 0.0448. The van der Waals surface area contributed by atoms with Gasteiger partial charge in [0.25, 0.3) is 5.56 Å². The van der Waals surface area contributed by atoms with Crippen molar-refractivity contribution in [2.45, 2.75) is 24.0 Å². The molecule has 0 radical (unpaired) electrons. The zero-order chi connectivity index (χ0) is 22.0. The van der Waals surface area contributed by atoms with Crippen molar-refractivity contribution in [3.05, 3.63) is 60.7 Å². The van der Waals surface area contributed by atoms with Crippen LogP contribution in [0.25, 0.3) is 21.6 Å². The number of furan rings is 1. The third kappa shape index (κ3) is 3.04. The summed E-state index contributed by atoms with van der Waals surface area (Å²) in [7, 11) is 3.14. The Kier molecular flexibility index (Phi) is 4.93. The molecule has 5 heterocycles. The van der Waals surface area contributed by atoms with Crippen molar-refractivity contribution in [2.75, 3.05) is 6.61 Å². The third-order valence-electron chi connectivity index (χ3n) is 5.55. The van der Waals surface area contributed by atoms with Crippen LogP contribution in [0.5, 0.6) is 0 Å². The third-order valence-corrected chi connectivity index (χ3v) is 8.13. The molecule has 1 N–H and O–H groups in total. The van der Waals surface area contributed by atoms with Gasteiger partial charge in [-0.05, 0) is 30.7 Å². The summed E-state index contributed by atoms with van der Waals surface area (Å²) in [5.74, 6) is 0.601. The maximum atomic E-state index is 13.3. The Labute approximate surface area is 189 Å². The largest absolute Gasteiger partial charge is 0.448 e. The van der Waals surface area contributed by atoms with Gasteiger partial charge in [0.2, 0.25) is 0 Å². The van der Waals surface area contributed by atoms with Gasteiger partial charge in [0.1, 0.15) is 16.0 Å². The number of hydrogen-bond donors (Lipinski definition) is 1. The van der Waals surface area contributed by atoms with E-state index in [-0.39, 0.29) is 27.9 Å². The molecule has 2 unspecified atom stereocenters. The van der Waals surface area contributed by atoms with Gasteiger partial charge >= 0.3 is 5.69 Å². The highest BCUT2D eigenvalue weighted by Crippen LogP contribution is 2.49.